The predicted molar refractivity (Wildman–Crippen MR) is 65.4 cm³/mol. The van der Waals surface area contributed by atoms with Gasteiger partial charge in [0.25, 0.3) is 0 Å². The number of aryl methyl sites for hydroxylation is 2. The highest BCUT2D eigenvalue weighted by Crippen LogP contribution is 2.18. The molecule has 94 valence electrons. The van der Waals surface area contributed by atoms with Crippen molar-refractivity contribution in [1.82, 2.24) is 14.9 Å². The number of hydrogen-bond donors (Lipinski definition) is 2. The van der Waals surface area contributed by atoms with E-state index in [9.17, 15) is 8.42 Å². The lowest BCUT2D eigenvalue weighted by atomic mass is 10.1. The number of halogens is 1. The molecule has 0 aliphatic carbocycles. The molecule has 0 bridgehead atoms. The Kier molecular flexibility index (Phi) is 4.55. The minimum atomic E-state index is -3.48. The second-order valence-electron chi connectivity index (χ2n) is 4.62. The highest BCUT2D eigenvalue weighted by Gasteiger charge is 2.26. The van der Waals surface area contributed by atoms with Gasteiger partial charge in [-0.25, -0.2) is 13.1 Å². The molecule has 1 aromatic rings. The lowest BCUT2D eigenvalue weighted by molar-refractivity contribution is 0.491. The fourth-order valence-corrected chi connectivity index (χ4v) is 3.18. The number of sulfonamides is 1. The molecule has 1 heterocycles. The van der Waals surface area contributed by atoms with Gasteiger partial charge in [0.05, 0.1) is 11.4 Å². The summed E-state index contributed by atoms with van der Waals surface area (Å²) in [5.74, 6) is 0. The molecule has 0 fully saturated rings. The minimum Gasteiger partial charge on any atom is -0.281 e. The van der Waals surface area contributed by atoms with Gasteiger partial charge >= 0.3 is 0 Å². The number of H-pyrrole nitrogens is 1. The Bertz CT molecular complexity index is 440. The van der Waals surface area contributed by atoms with E-state index in [2.05, 4.69) is 14.9 Å². The van der Waals surface area contributed by atoms with Crippen LogP contribution in [-0.4, -0.2) is 24.2 Å². The van der Waals surface area contributed by atoms with E-state index >= 15 is 0 Å². The summed E-state index contributed by atoms with van der Waals surface area (Å²) >= 11 is 0. The highest BCUT2D eigenvalue weighted by atomic mass is 35.5. The van der Waals surface area contributed by atoms with Crippen LogP contribution >= 0.6 is 12.4 Å². The van der Waals surface area contributed by atoms with Gasteiger partial charge in [-0.1, -0.05) is 0 Å². The molecule has 0 radical (unpaired) electrons. The van der Waals surface area contributed by atoms with E-state index in [0.717, 1.165) is 0 Å². The lowest BCUT2D eigenvalue weighted by Gasteiger charge is -2.20. The molecule has 0 saturated heterocycles. The third kappa shape index (κ3) is 3.47. The minimum absolute atomic E-state index is 0. The molecule has 0 amide bonds. The first-order chi connectivity index (χ1) is 6.63. The standard InChI is InChI=1S/C9H17N3O2S.ClH/c1-6-8(7(2)11-10-6)15(13,14)12-9(3,4)5;/h12H,1-5H3,(H,10,11);1H. The molecule has 1 aromatic heterocycles. The summed E-state index contributed by atoms with van der Waals surface area (Å²) in [5, 5.41) is 6.53. The second kappa shape index (κ2) is 4.73. The van der Waals surface area contributed by atoms with E-state index in [1.165, 1.54) is 0 Å². The topological polar surface area (TPSA) is 74.8 Å². The molecule has 7 heteroatoms. The van der Waals surface area contributed by atoms with Crippen LogP contribution < -0.4 is 4.72 Å². The van der Waals surface area contributed by atoms with Crippen molar-refractivity contribution in [2.24, 2.45) is 0 Å². The molecule has 0 aliphatic rings. The molecule has 1 rings (SSSR count). The number of rotatable bonds is 2. The SMILES string of the molecule is Cc1n[nH]c(C)c1S(=O)(=O)NC(C)(C)C.Cl. The number of nitrogens with one attached hydrogen (secondary N) is 2. The summed E-state index contributed by atoms with van der Waals surface area (Å²) < 4.78 is 26.6. The molecule has 0 unspecified atom stereocenters. The average Bonchev–Trinajstić information content (AvgIpc) is 2.25. The molecule has 0 aromatic carbocycles. The lowest BCUT2D eigenvalue weighted by Crippen LogP contribution is -2.40. The van der Waals surface area contributed by atoms with Gasteiger partial charge in [0, 0.05) is 5.54 Å². The monoisotopic (exact) mass is 267 g/mol. The fraction of sp³-hybridized carbons (Fsp3) is 0.667. The van der Waals surface area contributed by atoms with Gasteiger partial charge < -0.3 is 0 Å². The van der Waals surface area contributed by atoms with Gasteiger partial charge in [0.15, 0.2) is 0 Å². The molecule has 0 spiro atoms. The predicted octanol–water partition coefficient (Wildman–Crippen LogP) is 1.53. The first kappa shape index (κ1) is 15.4. The summed E-state index contributed by atoms with van der Waals surface area (Å²) in [7, 11) is -3.48. The van der Waals surface area contributed by atoms with Crippen LogP contribution in [0, 0.1) is 13.8 Å². The summed E-state index contributed by atoms with van der Waals surface area (Å²) in [6.07, 6.45) is 0. The van der Waals surface area contributed by atoms with Crippen molar-refractivity contribution >= 4 is 22.4 Å². The maximum atomic E-state index is 12.0. The highest BCUT2D eigenvalue weighted by molar-refractivity contribution is 7.89. The van der Waals surface area contributed by atoms with Gasteiger partial charge in [-0.15, -0.1) is 12.4 Å². The van der Waals surface area contributed by atoms with Crippen molar-refractivity contribution in [3.8, 4) is 0 Å². The zero-order chi connectivity index (χ0) is 11.9. The summed E-state index contributed by atoms with van der Waals surface area (Å²) in [6, 6.07) is 0. The first-order valence-corrected chi connectivity index (χ1v) is 6.17. The van der Waals surface area contributed by atoms with E-state index in [1.807, 2.05) is 0 Å². The van der Waals surface area contributed by atoms with Crippen molar-refractivity contribution in [3.05, 3.63) is 11.4 Å². The number of nitrogens with zero attached hydrogens (tertiary/aromatic N) is 1. The molecule has 0 aliphatic heterocycles. The quantitative estimate of drug-likeness (QED) is 0.853. The van der Waals surface area contributed by atoms with Crippen LogP contribution in [0.3, 0.4) is 0 Å². The van der Waals surface area contributed by atoms with Gasteiger partial charge in [0.2, 0.25) is 10.0 Å². The maximum Gasteiger partial charge on any atom is 0.244 e. The smallest absolute Gasteiger partial charge is 0.244 e. The fourth-order valence-electron chi connectivity index (χ4n) is 1.39. The summed E-state index contributed by atoms with van der Waals surface area (Å²) in [6.45, 7) is 8.76. The summed E-state index contributed by atoms with van der Waals surface area (Å²) in [5.41, 5.74) is 0.558. The molecular formula is C9H18ClN3O2S. The van der Waals surface area contributed by atoms with Crippen LogP contribution in [0.15, 0.2) is 4.90 Å². The average molecular weight is 268 g/mol. The van der Waals surface area contributed by atoms with Crippen molar-refractivity contribution < 1.29 is 8.42 Å². The number of aromatic nitrogens is 2. The largest absolute Gasteiger partial charge is 0.281 e. The second-order valence-corrected chi connectivity index (χ2v) is 6.24. The molecule has 16 heavy (non-hydrogen) atoms. The Morgan fingerprint density at radius 3 is 2.06 bits per heavy atom. The van der Waals surface area contributed by atoms with E-state index in [4.69, 9.17) is 0 Å². The molecule has 0 atom stereocenters. The van der Waals surface area contributed by atoms with E-state index in [0.29, 0.717) is 11.4 Å². The Balaban J connectivity index is 0.00000225. The Morgan fingerprint density at radius 1 is 1.25 bits per heavy atom. The third-order valence-corrected chi connectivity index (χ3v) is 3.79. The third-order valence-electron chi connectivity index (χ3n) is 1.77. The van der Waals surface area contributed by atoms with Crippen LogP contribution in [0.25, 0.3) is 0 Å². The molecular weight excluding hydrogens is 250 g/mol. The normalized spacial score (nSPS) is 12.3. The van der Waals surface area contributed by atoms with Crippen LogP contribution in [0.2, 0.25) is 0 Å². The van der Waals surface area contributed by atoms with Crippen molar-refractivity contribution in [2.45, 2.75) is 45.1 Å². The summed E-state index contributed by atoms with van der Waals surface area (Å²) in [4.78, 5) is 0.248. The number of aromatic amines is 1. The van der Waals surface area contributed by atoms with Crippen LogP contribution in [-0.2, 0) is 10.0 Å². The zero-order valence-electron chi connectivity index (χ0n) is 10.1. The van der Waals surface area contributed by atoms with Crippen LogP contribution in [0.4, 0.5) is 0 Å². The number of hydrogen-bond acceptors (Lipinski definition) is 3. The maximum absolute atomic E-state index is 12.0. The van der Waals surface area contributed by atoms with E-state index < -0.39 is 15.6 Å². The molecule has 0 saturated carbocycles. The molecule has 2 N–H and O–H groups in total. The van der Waals surface area contributed by atoms with Gasteiger partial charge in [0.1, 0.15) is 4.90 Å². The van der Waals surface area contributed by atoms with Gasteiger partial charge in [-0.05, 0) is 34.6 Å². The van der Waals surface area contributed by atoms with Gasteiger partial charge in [-0.3, -0.25) is 5.10 Å². The molecule has 5 nitrogen and oxygen atoms in total. The van der Waals surface area contributed by atoms with Crippen molar-refractivity contribution in [2.75, 3.05) is 0 Å². The van der Waals surface area contributed by atoms with Crippen LogP contribution in [0.1, 0.15) is 32.2 Å². The van der Waals surface area contributed by atoms with Crippen LogP contribution in [0.5, 0.6) is 0 Å². The zero-order valence-corrected chi connectivity index (χ0v) is 11.7. The Morgan fingerprint density at radius 2 is 1.75 bits per heavy atom. The first-order valence-electron chi connectivity index (χ1n) is 4.69. The van der Waals surface area contributed by atoms with E-state index in [-0.39, 0.29) is 17.3 Å². The Hall–Kier alpha value is -0.590. The Labute approximate surface area is 102 Å². The van der Waals surface area contributed by atoms with E-state index in [1.54, 1.807) is 34.6 Å². The van der Waals surface area contributed by atoms with Crippen molar-refractivity contribution in [3.63, 3.8) is 0 Å². The van der Waals surface area contributed by atoms with Gasteiger partial charge in [-0.2, -0.15) is 5.10 Å². The van der Waals surface area contributed by atoms with Crippen molar-refractivity contribution in [1.29, 1.82) is 0 Å².